The number of hydrogen-bond donors (Lipinski definition) is 3. The van der Waals surface area contributed by atoms with Gasteiger partial charge in [0.25, 0.3) is 0 Å². The van der Waals surface area contributed by atoms with Crippen molar-refractivity contribution in [2.45, 2.75) is 39.0 Å². The molecule has 0 aliphatic heterocycles. The molecule has 1 heterocycles. The van der Waals surface area contributed by atoms with Gasteiger partial charge in [-0.2, -0.15) is 0 Å². The SMILES string of the molecule is COCC(NC(=O)CNC(=O)OC(C)(C)C)C(=O)NCc1cccc2cccnc12. The molecule has 1 unspecified atom stereocenters. The molecular weight excluding hydrogens is 388 g/mol. The number of nitrogens with zero attached hydrogens (tertiary/aromatic N) is 1. The maximum absolute atomic E-state index is 12.6. The number of rotatable bonds is 8. The predicted molar refractivity (Wildman–Crippen MR) is 112 cm³/mol. The number of para-hydroxylation sites is 1. The van der Waals surface area contributed by atoms with Gasteiger partial charge in [-0.3, -0.25) is 14.6 Å². The maximum atomic E-state index is 12.6. The van der Waals surface area contributed by atoms with Crippen LogP contribution in [0.1, 0.15) is 26.3 Å². The average molecular weight is 416 g/mol. The van der Waals surface area contributed by atoms with Crippen molar-refractivity contribution >= 4 is 28.8 Å². The van der Waals surface area contributed by atoms with E-state index in [-0.39, 0.29) is 19.7 Å². The lowest BCUT2D eigenvalue weighted by molar-refractivity contribution is -0.130. The molecule has 3 amide bonds. The van der Waals surface area contributed by atoms with Crippen LogP contribution in [0.4, 0.5) is 4.79 Å². The number of carbonyl (C=O) groups excluding carboxylic acids is 3. The Balaban J connectivity index is 1.90. The third-order valence-corrected chi connectivity index (χ3v) is 3.95. The van der Waals surface area contributed by atoms with Crippen LogP contribution in [0.2, 0.25) is 0 Å². The molecule has 2 rings (SSSR count). The molecule has 0 fully saturated rings. The van der Waals surface area contributed by atoms with Gasteiger partial charge in [-0.25, -0.2) is 4.79 Å². The van der Waals surface area contributed by atoms with Gasteiger partial charge in [0.1, 0.15) is 18.2 Å². The monoisotopic (exact) mass is 416 g/mol. The smallest absolute Gasteiger partial charge is 0.408 e. The molecule has 9 nitrogen and oxygen atoms in total. The van der Waals surface area contributed by atoms with Crippen LogP contribution >= 0.6 is 0 Å². The van der Waals surface area contributed by atoms with Crippen LogP contribution in [0.5, 0.6) is 0 Å². The Hall–Kier alpha value is -3.20. The third kappa shape index (κ3) is 7.32. The number of fused-ring (bicyclic) bond motifs is 1. The largest absolute Gasteiger partial charge is 0.444 e. The normalized spacial score (nSPS) is 12.1. The summed E-state index contributed by atoms with van der Waals surface area (Å²) < 4.78 is 10.1. The van der Waals surface area contributed by atoms with E-state index in [0.29, 0.717) is 0 Å². The van der Waals surface area contributed by atoms with E-state index in [9.17, 15) is 14.4 Å². The summed E-state index contributed by atoms with van der Waals surface area (Å²) >= 11 is 0. The lowest BCUT2D eigenvalue weighted by atomic mass is 10.1. The van der Waals surface area contributed by atoms with Crippen molar-refractivity contribution in [2.24, 2.45) is 0 Å². The number of hydrogen-bond acceptors (Lipinski definition) is 6. The summed E-state index contributed by atoms with van der Waals surface area (Å²) in [7, 11) is 1.43. The van der Waals surface area contributed by atoms with Gasteiger partial charge in [0.2, 0.25) is 11.8 Å². The van der Waals surface area contributed by atoms with Crippen molar-refractivity contribution in [3.63, 3.8) is 0 Å². The van der Waals surface area contributed by atoms with E-state index < -0.39 is 29.6 Å². The zero-order valence-electron chi connectivity index (χ0n) is 17.7. The lowest BCUT2D eigenvalue weighted by Gasteiger charge is -2.20. The first-order valence-corrected chi connectivity index (χ1v) is 9.55. The molecule has 3 N–H and O–H groups in total. The number of amides is 3. The highest BCUT2D eigenvalue weighted by Gasteiger charge is 2.22. The van der Waals surface area contributed by atoms with E-state index in [4.69, 9.17) is 9.47 Å². The van der Waals surface area contributed by atoms with Gasteiger partial charge in [-0.05, 0) is 32.4 Å². The fraction of sp³-hybridized carbons (Fsp3) is 0.429. The number of alkyl carbamates (subject to hydrolysis) is 1. The molecule has 2 aromatic rings. The number of pyridine rings is 1. The molecule has 1 aromatic heterocycles. The Kier molecular flexibility index (Phi) is 8.11. The van der Waals surface area contributed by atoms with Crippen LogP contribution in [0.25, 0.3) is 10.9 Å². The Morgan fingerprint density at radius 2 is 1.83 bits per heavy atom. The molecule has 0 saturated carbocycles. The van der Waals surface area contributed by atoms with E-state index in [1.165, 1.54) is 7.11 Å². The molecule has 1 aromatic carbocycles. The van der Waals surface area contributed by atoms with E-state index in [0.717, 1.165) is 16.5 Å². The van der Waals surface area contributed by atoms with Crippen molar-refractivity contribution in [3.8, 4) is 0 Å². The Bertz CT molecular complexity index is 889. The molecule has 9 heteroatoms. The van der Waals surface area contributed by atoms with Gasteiger partial charge in [-0.15, -0.1) is 0 Å². The number of methoxy groups -OCH3 is 1. The highest BCUT2D eigenvalue weighted by atomic mass is 16.6. The first kappa shape index (κ1) is 23.1. The van der Waals surface area contributed by atoms with Gasteiger partial charge in [-0.1, -0.05) is 24.3 Å². The molecule has 0 radical (unpaired) electrons. The summed E-state index contributed by atoms with van der Waals surface area (Å²) in [5.74, 6) is -0.944. The molecule has 0 spiro atoms. The molecule has 30 heavy (non-hydrogen) atoms. The van der Waals surface area contributed by atoms with Crippen LogP contribution in [0.3, 0.4) is 0 Å². The zero-order valence-corrected chi connectivity index (χ0v) is 17.7. The minimum atomic E-state index is -0.911. The summed E-state index contributed by atoms with van der Waals surface area (Å²) in [6.45, 7) is 5.07. The standard InChI is InChI=1S/C21H28N4O5/c1-21(2,3)30-20(28)24-12-17(26)25-16(13-29-4)19(27)23-11-15-8-5-7-14-9-6-10-22-18(14)15/h5-10,16H,11-13H2,1-4H3,(H,23,27)(H,24,28)(H,25,26). The summed E-state index contributed by atoms with van der Waals surface area (Å²) in [5.41, 5.74) is 0.986. The van der Waals surface area contributed by atoms with E-state index in [1.807, 2.05) is 30.3 Å². The summed E-state index contributed by atoms with van der Waals surface area (Å²) in [4.78, 5) is 40.7. The van der Waals surface area contributed by atoms with Crippen LogP contribution < -0.4 is 16.0 Å². The summed E-state index contributed by atoms with van der Waals surface area (Å²) in [5, 5.41) is 8.66. The maximum Gasteiger partial charge on any atom is 0.408 e. The van der Waals surface area contributed by atoms with Crippen molar-refractivity contribution in [2.75, 3.05) is 20.3 Å². The predicted octanol–water partition coefficient (Wildman–Crippen LogP) is 1.51. The zero-order chi connectivity index (χ0) is 22.1. The Labute approximate surface area is 175 Å². The first-order chi connectivity index (χ1) is 14.2. The summed E-state index contributed by atoms with van der Waals surface area (Å²) in [6, 6.07) is 8.59. The molecule has 0 aliphatic rings. The van der Waals surface area contributed by atoms with Crippen LogP contribution in [0.15, 0.2) is 36.5 Å². The second-order valence-corrected chi connectivity index (χ2v) is 7.64. The number of aromatic nitrogens is 1. The lowest BCUT2D eigenvalue weighted by Crippen LogP contribution is -2.51. The second-order valence-electron chi connectivity index (χ2n) is 7.64. The minimum Gasteiger partial charge on any atom is -0.444 e. The summed E-state index contributed by atoms with van der Waals surface area (Å²) in [6.07, 6.45) is 0.980. The van der Waals surface area contributed by atoms with Gasteiger partial charge in [0.15, 0.2) is 0 Å². The van der Waals surface area contributed by atoms with Crippen molar-refractivity contribution in [3.05, 3.63) is 42.1 Å². The topological polar surface area (TPSA) is 119 Å². The quantitative estimate of drug-likeness (QED) is 0.600. The van der Waals surface area contributed by atoms with E-state index in [2.05, 4.69) is 20.9 Å². The van der Waals surface area contributed by atoms with Crippen molar-refractivity contribution < 1.29 is 23.9 Å². The molecule has 0 bridgehead atoms. The van der Waals surface area contributed by atoms with Gasteiger partial charge in [0, 0.05) is 25.2 Å². The molecule has 162 valence electrons. The van der Waals surface area contributed by atoms with Gasteiger partial charge >= 0.3 is 6.09 Å². The van der Waals surface area contributed by atoms with Crippen LogP contribution in [-0.2, 0) is 25.6 Å². The van der Waals surface area contributed by atoms with E-state index >= 15 is 0 Å². The highest BCUT2D eigenvalue weighted by molar-refractivity contribution is 5.90. The number of nitrogens with one attached hydrogen (secondary N) is 3. The van der Waals surface area contributed by atoms with Crippen LogP contribution in [0, 0.1) is 0 Å². The van der Waals surface area contributed by atoms with Crippen molar-refractivity contribution in [1.29, 1.82) is 0 Å². The Morgan fingerprint density at radius 3 is 2.53 bits per heavy atom. The average Bonchev–Trinajstić information content (AvgIpc) is 2.69. The molecule has 0 saturated heterocycles. The number of carbonyl (C=O) groups is 3. The van der Waals surface area contributed by atoms with Crippen LogP contribution in [-0.4, -0.2) is 54.8 Å². The first-order valence-electron chi connectivity index (χ1n) is 9.55. The second kappa shape index (κ2) is 10.5. The molecular formula is C21H28N4O5. The van der Waals surface area contributed by atoms with Gasteiger partial charge < -0.3 is 25.4 Å². The number of ether oxygens (including phenoxy) is 2. The fourth-order valence-corrected chi connectivity index (χ4v) is 2.68. The molecule has 1 atom stereocenters. The fourth-order valence-electron chi connectivity index (χ4n) is 2.68. The Morgan fingerprint density at radius 1 is 1.10 bits per heavy atom. The van der Waals surface area contributed by atoms with Crippen molar-refractivity contribution in [1.82, 2.24) is 20.9 Å². The molecule has 0 aliphatic carbocycles. The third-order valence-electron chi connectivity index (χ3n) is 3.95. The number of benzene rings is 1. The minimum absolute atomic E-state index is 0.0161. The van der Waals surface area contributed by atoms with E-state index in [1.54, 1.807) is 27.0 Å². The highest BCUT2D eigenvalue weighted by Crippen LogP contribution is 2.15. The van der Waals surface area contributed by atoms with Gasteiger partial charge in [0.05, 0.1) is 12.1 Å².